The molecule has 2 aromatic carbocycles. The molecule has 0 aliphatic rings. The molecule has 0 fully saturated rings. The SMILES string of the molecule is Nc1cc(C(=O)Nc2ccc(Br)c(Cl)c2)ccc1F. The van der Waals surface area contributed by atoms with Crippen LogP contribution in [0.5, 0.6) is 0 Å². The van der Waals surface area contributed by atoms with E-state index < -0.39 is 5.82 Å². The maximum Gasteiger partial charge on any atom is 0.255 e. The number of carbonyl (C=O) groups is 1. The van der Waals surface area contributed by atoms with Crippen LogP contribution in [0.1, 0.15) is 10.4 Å². The van der Waals surface area contributed by atoms with Gasteiger partial charge < -0.3 is 11.1 Å². The molecular formula is C13H9BrClFN2O. The number of benzene rings is 2. The minimum atomic E-state index is -0.553. The average Bonchev–Trinajstić information content (AvgIpc) is 2.37. The first-order valence-corrected chi connectivity index (χ1v) is 6.46. The van der Waals surface area contributed by atoms with Crippen LogP contribution in [-0.4, -0.2) is 5.91 Å². The summed E-state index contributed by atoms with van der Waals surface area (Å²) in [6, 6.07) is 8.82. The van der Waals surface area contributed by atoms with Gasteiger partial charge in [-0.2, -0.15) is 0 Å². The third kappa shape index (κ3) is 3.24. The lowest BCUT2D eigenvalue weighted by atomic mass is 10.2. The van der Waals surface area contributed by atoms with Gasteiger partial charge in [0.1, 0.15) is 5.82 Å². The molecule has 2 aromatic rings. The van der Waals surface area contributed by atoms with Gasteiger partial charge in [-0.15, -0.1) is 0 Å². The Labute approximate surface area is 122 Å². The van der Waals surface area contributed by atoms with Gasteiger partial charge in [0.25, 0.3) is 5.91 Å². The van der Waals surface area contributed by atoms with E-state index >= 15 is 0 Å². The fraction of sp³-hybridized carbons (Fsp3) is 0. The normalized spacial score (nSPS) is 10.3. The molecule has 3 N–H and O–H groups in total. The highest BCUT2D eigenvalue weighted by Gasteiger charge is 2.09. The van der Waals surface area contributed by atoms with Crippen LogP contribution in [0.3, 0.4) is 0 Å². The van der Waals surface area contributed by atoms with Crippen LogP contribution >= 0.6 is 27.5 Å². The van der Waals surface area contributed by atoms with Gasteiger partial charge in [0.2, 0.25) is 0 Å². The molecule has 6 heteroatoms. The largest absolute Gasteiger partial charge is 0.396 e. The summed E-state index contributed by atoms with van der Waals surface area (Å²) in [6.45, 7) is 0. The average molecular weight is 344 g/mol. The zero-order valence-electron chi connectivity index (χ0n) is 9.58. The predicted molar refractivity (Wildman–Crippen MR) is 77.9 cm³/mol. The third-order valence-corrected chi connectivity index (χ3v) is 3.67. The number of nitrogens with two attached hydrogens (primary N) is 1. The summed E-state index contributed by atoms with van der Waals surface area (Å²) in [6.07, 6.45) is 0. The predicted octanol–water partition coefficient (Wildman–Crippen LogP) is 4.08. The van der Waals surface area contributed by atoms with E-state index in [1.165, 1.54) is 12.1 Å². The Morgan fingerprint density at radius 2 is 2.00 bits per heavy atom. The number of halogens is 3. The van der Waals surface area contributed by atoms with Crippen LogP contribution in [0.25, 0.3) is 0 Å². The number of nitrogens with one attached hydrogen (secondary N) is 1. The van der Waals surface area contributed by atoms with E-state index in [9.17, 15) is 9.18 Å². The van der Waals surface area contributed by atoms with Gasteiger partial charge in [0.15, 0.2) is 0 Å². The number of amides is 1. The van der Waals surface area contributed by atoms with Crippen LogP contribution in [0.15, 0.2) is 40.9 Å². The molecule has 0 unspecified atom stereocenters. The molecular weight excluding hydrogens is 335 g/mol. The Morgan fingerprint density at radius 1 is 1.26 bits per heavy atom. The number of anilines is 2. The first kappa shape index (κ1) is 13.8. The Bertz CT molecular complexity index is 649. The van der Waals surface area contributed by atoms with Gasteiger partial charge >= 0.3 is 0 Å². The number of rotatable bonds is 2. The number of nitrogen functional groups attached to an aromatic ring is 1. The first-order valence-electron chi connectivity index (χ1n) is 5.29. The van der Waals surface area contributed by atoms with Crippen molar-refractivity contribution in [3.05, 3.63) is 57.3 Å². The lowest BCUT2D eigenvalue weighted by molar-refractivity contribution is 0.102. The summed E-state index contributed by atoms with van der Waals surface area (Å²) in [7, 11) is 0. The summed E-state index contributed by atoms with van der Waals surface area (Å²) >= 11 is 9.18. The van der Waals surface area contributed by atoms with Crippen LogP contribution in [0, 0.1) is 5.82 Å². The zero-order chi connectivity index (χ0) is 14.0. The minimum Gasteiger partial charge on any atom is -0.396 e. The standard InChI is InChI=1S/C13H9BrClFN2O/c14-9-3-2-8(6-10(9)15)18-13(19)7-1-4-11(16)12(17)5-7/h1-6H,17H2,(H,18,19). The summed E-state index contributed by atoms with van der Waals surface area (Å²) in [5.41, 5.74) is 6.16. The molecule has 0 aliphatic carbocycles. The fourth-order valence-electron chi connectivity index (χ4n) is 1.46. The van der Waals surface area contributed by atoms with Gasteiger partial charge in [-0.25, -0.2) is 4.39 Å². The number of carbonyl (C=O) groups excluding carboxylic acids is 1. The lowest BCUT2D eigenvalue weighted by Crippen LogP contribution is -2.12. The second kappa shape index (κ2) is 5.59. The molecule has 98 valence electrons. The quantitative estimate of drug-likeness (QED) is 0.807. The zero-order valence-corrected chi connectivity index (χ0v) is 11.9. The molecule has 0 atom stereocenters. The summed E-state index contributed by atoms with van der Waals surface area (Å²) < 4.78 is 13.7. The van der Waals surface area contributed by atoms with Crippen molar-refractivity contribution in [3.63, 3.8) is 0 Å². The monoisotopic (exact) mass is 342 g/mol. The smallest absolute Gasteiger partial charge is 0.255 e. The van der Waals surface area contributed by atoms with Crippen molar-refractivity contribution in [2.24, 2.45) is 0 Å². The van der Waals surface area contributed by atoms with Crippen molar-refractivity contribution in [1.82, 2.24) is 0 Å². The van der Waals surface area contributed by atoms with Crippen LogP contribution in [0.4, 0.5) is 15.8 Å². The highest BCUT2D eigenvalue weighted by atomic mass is 79.9. The Morgan fingerprint density at radius 3 is 2.63 bits per heavy atom. The fourth-order valence-corrected chi connectivity index (χ4v) is 1.89. The van der Waals surface area contributed by atoms with Crippen molar-refractivity contribution in [2.45, 2.75) is 0 Å². The molecule has 0 radical (unpaired) electrons. The molecule has 0 saturated carbocycles. The van der Waals surface area contributed by atoms with E-state index in [4.69, 9.17) is 17.3 Å². The van der Waals surface area contributed by atoms with E-state index in [2.05, 4.69) is 21.2 Å². The molecule has 1 amide bonds. The molecule has 0 spiro atoms. The van der Waals surface area contributed by atoms with Crippen molar-refractivity contribution in [2.75, 3.05) is 11.1 Å². The van der Waals surface area contributed by atoms with E-state index in [0.717, 1.165) is 10.5 Å². The molecule has 19 heavy (non-hydrogen) atoms. The van der Waals surface area contributed by atoms with Crippen LogP contribution in [0.2, 0.25) is 5.02 Å². The van der Waals surface area contributed by atoms with Crippen LogP contribution < -0.4 is 11.1 Å². The summed E-state index contributed by atoms with van der Waals surface area (Å²) in [4.78, 5) is 11.9. The van der Waals surface area contributed by atoms with Crippen molar-refractivity contribution >= 4 is 44.8 Å². The number of hydrogen-bond acceptors (Lipinski definition) is 2. The second-order valence-corrected chi connectivity index (χ2v) is 5.08. The summed E-state index contributed by atoms with van der Waals surface area (Å²) in [5, 5.41) is 3.13. The van der Waals surface area contributed by atoms with E-state index in [1.54, 1.807) is 18.2 Å². The lowest BCUT2D eigenvalue weighted by Gasteiger charge is -2.07. The third-order valence-electron chi connectivity index (χ3n) is 2.44. The molecule has 3 nitrogen and oxygen atoms in total. The maximum absolute atomic E-state index is 13.0. The Kier molecular flexibility index (Phi) is 4.07. The van der Waals surface area contributed by atoms with Gasteiger partial charge in [0.05, 0.1) is 10.7 Å². The highest BCUT2D eigenvalue weighted by molar-refractivity contribution is 9.10. The van der Waals surface area contributed by atoms with Crippen LogP contribution in [-0.2, 0) is 0 Å². The molecule has 0 bridgehead atoms. The minimum absolute atomic E-state index is 0.0681. The second-order valence-electron chi connectivity index (χ2n) is 3.82. The van der Waals surface area contributed by atoms with E-state index in [-0.39, 0.29) is 17.2 Å². The van der Waals surface area contributed by atoms with E-state index in [1.807, 2.05) is 0 Å². The molecule has 2 rings (SSSR count). The first-order chi connectivity index (χ1) is 8.97. The molecule has 0 heterocycles. The Hall–Kier alpha value is -1.59. The van der Waals surface area contributed by atoms with Crippen molar-refractivity contribution in [3.8, 4) is 0 Å². The Balaban J connectivity index is 2.20. The summed E-state index contributed by atoms with van der Waals surface area (Å²) in [5.74, 6) is -0.937. The van der Waals surface area contributed by atoms with Gasteiger partial charge in [-0.05, 0) is 52.3 Å². The molecule has 0 aliphatic heterocycles. The molecule has 0 saturated heterocycles. The van der Waals surface area contributed by atoms with Crippen molar-refractivity contribution in [1.29, 1.82) is 0 Å². The molecule has 0 aromatic heterocycles. The highest BCUT2D eigenvalue weighted by Crippen LogP contribution is 2.25. The number of hydrogen-bond donors (Lipinski definition) is 2. The van der Waals surface area contributed by atoms with Gasteiger partial charge in [-0.3, -0.25) is 4.79 Å². The van der Waals surface area contributed by atoms with Crippen molar-refractivity contribution < 1.29 is 9.18 Å². The maximum atomic E-state index is 13.0. The topological polar surface area (TPSA) is 55.1 Å². The van der Waals surface area contributed by atoms with Gasteiger partial charge in [-0.1, -0.05) is 11.6 Å². The van der Waals surface area contributed by atoms with Gasteiger partial charge in [0, 0.05) is 15.7 Å². The van der Waals surface area contributed by atoms with E-state index in [0.29, 0.717) is 10.7 Å².